The Kier molecular flexibility index (Phi) is 4.94. The van der Waals surface area contributed by atoms with Crippen LogP contribution in [0.4, 0.5) is 0 Å². The van der Waals surface area contributed by atoms with Crippen molar-refractivity contribution in [3.63, 3.8) is 0 Å². The van der Waals surface area contributed by atoms with Crippen molar-refractivity contribution in [1.82, 2.24) is 20.1 Å². The van der Waals surface area contributed by atoms with Crippen LogP contribution in [0.3, 0.4) is 0 Å². The number of carbonyl (C=O) groups is 1. The lowest BCUT2D eigenvalue weighted by atomic mass is 9.87. The van der Waals surface area contributed by atoms with Gasteiger partial charge in [-0.1, -0.05) is 54.4 Å². The number of amides is 1. The molecular formula is C18H24N4OS. The highest BCUT2D eigenvalue weighted by molar-refractivity contribution is 8.00. The number of benzene rings is 1. The number of aryl methyl sites for hydroxylation is 2. The molecule has 1 aromatic carbocycles. The number of hydrogen-bond acceptors (Lipinski definition) is 4. The first-order chi connectivity index (χ1) is 11.5. The van der Waals surface area contributed by atoms with Crippen LogP contribution >= 0.6 is 11.8 Å². The van der Waals surface area contributed by atoms with E-state index in [4.69, 9.17) is 0 Å². The molecule has 1 amide bonds. The molecule has 1 saturated carbocycles. The molecule has 6 heteroatoms. The van der Waals surface area contributed by atoms with Gasteiger partial charge in [0.1, 0.15) is 6.33 Å². The maximum Gasteiger partial charge on any atom is 0.234 e. The van der Waals surface area contributed by atoms with Crippen molar-refractivity contribution in [3.8, 4) is 0 Å². The number of thioether (sulfide) groups is 1. The number of aromatic nitrogens is 3. The minimum Gasteiger partial charge on any atom is -0.346 e. The van der Waals surface area contributed by atoms with Gasteiger partial charge in [-0.05, 0) is 32.3 Å². The summed E-state index contributed by atoms with van der Waals surface area (Å²) in [5.41, 5.74) is 2.23. The average Bonchev–Trinajstić information content (AvgIpc) is 3.18. The molecule has 5 nitrogen and oxygen atoms in total. The van der Waals surface area contributed by atoms with Crippen LogP contribution in [0.5, 0.6) is 0 Å². The number of carbonyl (C=O) groups excluding carboxylic acids is 1. The SMILES string of the molecule is Cc1cccc(C2(NC(=O)[C@H](C)Sc3nncn3C)CCCC2)c1. The molecular weight excluding hydrogens is 320 g/mol. The first-order valence-electron chi connectivity index (χ1n) is 8.40. The normalized spacial score (nSPS) is 17.6. The largest absolute Gasteiger partial charge is 0.346 e. The predicted molar refractivity (Wildman–Crippen MR) is 95.8 cm³/mol. The summed E-state index contributed by atoms with van der Waals surface area (Å²) < 4.78 is 1.83. The summed E-state index contributed by atoms with van der Waals surface area (Å²) in [6, 6.07) is 8.51. The maximum atomic E-state index is 12.8. The van der Waals surface area contributed by atoms with E-state index >= 15 is 0 Å². The third kappa shape index (κ3) is 3.48. The second kappa shape index (κ2) is 6.97. The number of nitrogens with one attached hydrogen (secondary N) is 1. The van der Waals surface area contributed by atoms with E-state index in [1.807, 2.05) is 18.5 Å². The summed E-state index contributed by atoms with van der Waals surface area (Å²) in [6.45, 7) is 4.02. The van der Waals surface area contributed by atoms with Gasteiger partial charge in [0.25, 0.3) is 0 Å². The molecule has 128 valence electrons. The Labute approximate surface area is 147 Å². The highest BCUT2D eigenvalue weighted by Gasteiger charge is 2.38. The average molecular weight is 344 g/mol. The summed E-state index contributed by atoms with van der Waals surface area (Å²) in [5, 5.41) is 11.8. The smallest absolute Gasteiger partial charge is 0.234 e. The van der Waals surface area contributed by atoms with Crippen LogP contribution < -0.4 is 5.32 Å². The van der Waals surface area contributed by atoms with E-state index in [-0.39, 0.29) is 16.7 Å². The van der Waals surface area contributed by atoms with Gasteiger partial charge < -0.3 is 9.88 Å². The zero-order chi connectivity index (χ0) is 17.2. The fourth-order valence-corrected chi connectivity index (χ4v) is 4.13. The molecule has 0 radical (unpaired) electrons. The molecule has 0 aliphatic heterocycles. The van der Waals surface area contributed by atoms with Gasteiger partial charge >= 0.3 is 0 Å². The van der Waals surface area contributed by atoms with Crippen LogP contribution in [-0.4, -0.2) is 25.9 Å². The van der Waals surface area contributed by atoms with Crippen LogP contribution in [0.25, 0.3) is 0 Å². The zero-order valence-corrected chi connectivity index (χ0v) is 15.3. The van der Waals surface area contributed by atoms with Gasteiger partial charge in [-0.2, -0.15) is 0 Å². The van der Waals surface area contributed by atoms with Crippen molar-refractivity contribution in [1.29, 1.82) is 0 Å². The van der Waals surface area contributed by atoms with Crippen LogP contribution in [-0.2, 0) is 17.4 Å². The fraction of sp³-hybridized carbons (Fsp3) is 0.500. The molecule has 3 rings (SSSR count). The lowest BCUT2D eigenvalue weighted by Gasteiger charge is -2.32. The van der Waals surface area contributed by atoms with Gasteiger partial charge in [0.05, 0.1) is 10.8 Å². The van der Waals surface area contributed by atoms with Crippen molar-refractivity contribution in [2.45, 2.75) is 55.5 Å². The molecule has 1 aliphatic rings. The van der Waals surface area contributed by atoms with Crippen LogP contribution in [0.15, 0.2) is 35.7 Å². The monoisotopic (exact) mass is 344 g/mol. The van der Waals surface area contributed by atoms with E-state index < -0.39 is 0 Å². The summed E-state index contributed by atoms with van der Waals surface area (Å²) in [5.74, 6) is 0.0615. The van der Waals surface area contributed by atoms with Crippen LogP contribution in [0.1, 0.15) is 43.7 Å². The van der Waals surface area contributed by atoms with E-state index in [0.29, 0.717) is 0 Å². The van der Waals surface area contributed by atoms with Crippen molar-refractivity contribution in [3.05, 3.63) is 41.7 Å². The Hall–Kier alpha value is -1.82. The number of rotatable bonds is 5. The fourth-order valence-electron chi connectivity index (χ4n) is 3.34. The molecule has 0 spiro atoms. The van der Waals surface area contributed by atoms with Gasteiger partial charge in [0, 0.05) is 7.05 Å². The second-order valence-electron chi connectivity index (χ2n) is 6.63. The van der Waals surface area contributed by atoms with Crippen molar-refractivity contribution < 1.29 is 4.79 Å². The third-order valence-corrected chi connectivity index (χ3v) is 5.86. The zero-order valence-electron chi connectivity index (χ0n) is 14.5. The molecule has 24 heavy (non-hydrogen) atoms. The first kappa shape index (κ1) is 17.0. The third-order valence-electron chi connectivity index (χ3n) is 4.71. The molecule has 0 unspecified atom stereocenters. The quantitative estimate of drug-likeness (QED) is 0.846. The van der Waals surface area contributed by atoms with Crippen molar-refractivity contribution in [2.75, 3.05) is 0 Å². The summed E-state index contributed by atoms with van der Waals surface area (Å²) in [7, 11) is 1.89. The Bertz CT molecular complexity index is 721. The molecule has 1 aliphatic carbocycles. The molecule has 1 N–H and O–H groups in total. The summed E-state index contributed by atoms with van der Waals surface area (Å²) in [4.78, 5) is 12.8. The Balaban J connectivity index is 1.76. The predicted octanol–water partition coefficient (Wildman–Crippen LogP) is 3.19. The highest BCUT2D eigenvalue weighted by atomic mass is 32.2. The molecule has 1 aromatic heterocycles. The molecule has 1 atom stereocenters. The number of hydrogen-bond donors (Lipinski definition) is 1. The van der Waals surface area contributed by atoms with E-state index in [2.05, 4.69) is 46.7 Å². The molecule has 2 aromatic rings. The first-order valence-corrected chi connectivity index (χ1v) is 9.28. The maximum absolute atomic E-state index is 12.8. The van der Waals surface area contributed by atoms with Gasteiger partial charge in [-0.15, -0.1) is 10.2 Å². The lowest BCUT2D eigenvalue weighted by molar-refractivity contribution is -0.122. The topological polar surface area (TPSA) is 59.8 Å². The minimum atomic E-state index is -0.224. The Morgan fingerprint density at radius 1 is 1.38 bits per heavy atom. The molecule has 1 fully saturated rings. The van der Waals surface area contributed by atoms with Crippen LogP contribution in [0, 0.1) is 6.92 Å². The summed E-state index contributed by atoms with van der Waals surface area (Å²) >= 11 is 1.44. The van der Waals surface area contributed by atoms with Gasteiger partial charge in [0.15, 0.2) is 5.16 Å². The number of nitrogens with zero attached hydrogens (tertiary/aromatic N) is 3. The van der Waals surface area contributed by atoms with Gasteiger partial charge in [-0.3, -0.25) is 4.79 Å². The van der Waals surface area contributed by atoms with E-state index in [9.17, 15) is 4.79 Å². The van der Waals surface area contributed by atoms with Crippen molar-refractivity contribution in [2.24, 2.45) is 7.05 Å². The lowest BCUT2D eigenvalue weighted by Crippen LogP contribution is -2.46. The van der Waals surface area contributed by atoms with Crippen molar-refractivity contribution >= 4 is 17.7 Å². The summed E-state index contributed by atoms with van der Waals surface area (Å²) in [6.07, 6.45) is 5.96. The van der Waals surface area contributed by atoms with Crippen LogP contribution in [0.2, 0.25) is 0 Å². The molecule has 0 bridgehead atoms. The minimum absolute atomic E-state index is 0.0615. The Morgan fingerprint density at radius 2 is 2.12 bits per heavy atom. The van der Waals surface area contributed by atoms with E-state index in [1.54, 1.807) is 6.33 Å². The van der Waals surface area contributed by atoms with E-state index in [0.717, 1.165) is 30.8 Å². The van der Waals surface area contributed by atoms with Gasteiger partial charge in [0.2, 0.25) is 5.91 Å². The van der Waals surface area contributed by atoms with E-state index in [1.165, 1.54) is 22.9 Å². The molecule has 0 saturated heterocycles. The second-order valence-corrected chi connectivity index (χ2v) is 7.94. The van der Waals surface area contributed by atoms with Gasteiger partial charge in [-0.25, -0.2) is 0 Å². The Morgan fingerprint density at radius 3 is 2.75 bits per heavy atom. The molecule has 1 heterocycles. The standard InChI is InChI=1S/C18H24N4OS/c1-13-7-6-8-15(11-13)18(9-4-5-10-18)20-16(23)14(2)24-17-21-19-12-22(17)3/h6-8,11-12,14H,4-5,9-10H2,1-3H3,(H,20,23)/t14-/m0/s1. The highest BCUT2D eigenvalue weighted by Crippen LogP contribution is 2.39.